The van der Waals surface area contributed by atoms with Gasteiger partial charge in [-0.05, 0) is 46.6 Å². The van der Waals surface area contributed by atoms with E-state index in [-0.39, 0.29) is 5.60 Å². The minimum absolute atomic E-state index is 0.00564. The van der Waals surface area contributed by atoms with Gasteiger partial charge in [-0.1, -0.05) is 0 Å². The average molecular weight is 215 g/mol. The van der Waals surface area contributed by atoms with E-state index in [1.807, 2.05) is 0 Å². The second-order valence-electron chi connectivity index (χ2n) is 5.32. The Balaban J connectivity index is 1.96. The molecular formula is C12H25NO2. The van der Waals surface area contributed by atoms with Gasteiger partial charge in [0.1, 0.15) is 0 Å². The zero-order chi connectivity index (χ0) is 11.3. The molecule has 0 unspecified atom stereocenters. The van der Waals surface area contributed by atoms with E-state index in [2.05, 4.69) is 26.1 Å². The first-order chi connectivity index (χ1) is 7.01. The van der Waals surface area contributed by atoms with Gasteiger partial charge >= 0.3 is 0 Å². The Labute approximate surface area is 93.5 Å². The molecule has 3 nitrogen and oxygen atoms in total. The van der Waals surface area contributed by atoms with Crippen molar-refractivity contribution >= 4 is 0 Å². The second kappa shape index (κ2) is 5.83. The third kappa shape index (κ3) is 5.50. The minimum Gasteiger partial charge on any atom is -0.385 e. The van der Waals surface area contributed by atoms with E-state index in [0.29, 0.717) is 12.1 Å². The Morgan fingerprint density at radius 2 is 1.93 bits per heavy atom. The van der Waals surface area contributed by atoms with Crippen molar-refractivity contribution in [2.75, 3.05) is 20.3 Å². The van der Waals surface area contributed by atoms with Crippen LogP contribution in [0.5, 0.6) is 0 Å². The van der Waals surface area contributed by atoms with Crippen LogP contribution in [-0.2, 0) is 9.47 Å². The summed E-state index contributed by atoms with van der Waals surface area (Å²) < 4.78 is 10.9. The van der Waals surface area contributed by atoms with Crippen LogP contribution in [0.2, 0.25) is 0 Å². The normalized spacial score (nSPS) is 26.4. The summed E-state index contributed by atoms with van der Waals surface area (Å²) in [6, 6.07) is 0.661. The van der Waals surface area contributed by atoms with Gasteiger partial charge in [-0.15, -0.1) is 0 Å². The smallest absolute Gasteiger partial charge is 0.0612 e. The fourth-order valence-electron chi connectivity index (χ4n) is 1.85. The number of rotatable bonds is 6. The van der Waals surface area contributed by atoms with Gasteiger partial charge in [0.05, 0.1) is 11.7 Å². The van der Waals surface area contributed by atoms with Crippen molar-refractivity contribution in [2.45, 2.75) is 57.8 Å². The van der Waals surface area contributed by atoms with Crippen LogP contribution in [0.4, 0.5) is 0 Å². The molecule has 15 heavy (non-hydrogen) atoms. The summed E-state index contributed by atoms with van der Waals surface area (Å²) in [7, 11) is 1.75. The lowest BCUT2D eigenvalue weighted by molar-refractivity contribution is -0.102. The summed E-state index contributed by atoms with van der Waals surface area (Å²) in [6.07, 6.45) is 3.87. The average Bonchev–Trinajstić information content (AvgIpc) is 2.05. The first-order valence-electron chi connectivity index (χ1n) is 5.91. The Morgan fingerprint density at radius 1 is 1.27 bits per heavy atom. The van der Waals surface area contributed by atoms with Crippen LogP contribution in [0.3, 0.4) is 0 Å². The minimum atomic E-state index is 0.00564. The van der Waals surface area contributed by atoms with Crippen molar-refractivity contribution in [3.8, 4) is 0 Å². The van der Waals surface area contributed by atoms with Gasteiger partial charge < -0.3 is 14.8 Å². The molecule has 0 heterocycles. The lowest BCUT2D eigenvalue weighted by Gasteiger charge is -2.39. The molecule has 0 saturated heterocycles. The number of methoxy groups -OCH3 is 1. The molecule has 0 radical (unpaired) electrons. The first kappa shape index (κ1) is 12.9. The molecule has 0 aromatic heterocycles. The lowest BCUT2D eigenvalue weighted by atomic mass is 9.88. The fraction of sp³-hybridized carbons (Fsp3) is 1.00. The number of ether oxygens (including phenoxy) is 2. The molecule has 1 aliphatic rings. The molecule has 1 saturated carbocycles. The number of nitrogens with one attached hydrogen (secondary N) is 1. The molecule has 90 valence electrons. The molecule has 0 bridgehead atoms. The fourth-order valence-corrected chi connectivity index (χ4v) is 1.85. The van der Waals surface area contributed by atoms with Crippen LogP contribution in [0, 0.1) is 0 Å². The molecule has 3 heteroatoms. The Morgan fingerprint density at radius 3 is 2.47 bits per heavy atom. The number of hydrogen-bond acceptors (Lipinski definition) is 3. The molecular weight excluding hydrogens is 190 g/mol. The van der Waals surface area contributed by atoms with E-state index in [1.165, 1.54) is 0 Å². The van der Waals surface area contributed by atoms with Gasteiger partial charge in [-0.25, -0.2) is 0 Å². The Hall–Kier alpha value is -0.120. The van der Waals surface area contributed by atoms with E-state index in [0.717, 1.165) is 32.4 Å². The summed E-state index contributed by atoms with van der Waals surface area (Å²) in [5.74, 6) is 0. The highest BCUT2D eigenvalue weighted by molar-refractivity contribution is 4.87. The van der Waals surface area contributed by atoms with Gasteiger partial charge in [0.25, 0.3) is 0 Å². The molecule has 0 aliphatic heterocycles. The summed E-state index contributed by atoms with van der Waals surface area (Å²) >= 11 is 0. The summed E-state index contributed by atoms with van der Waals surface area (Å²) in [6.45, 7) is 8.26. The Bertz CT molecular complexity index is 171. The maximum Gasteiger partial charge on any atom is 0.0612 e. The SMILES string of the molecule is COCCCNC1CC(OC(C)(C)C)C1. The molecule has 1 fully saturated rings. The largest absolute Gasteiger partial charge is 0.385 e. The van der Waals surface area contributed by atoms with Gasteiger partial charge in [-0.2, -0.15) is 0 Å². The second-order valence-corrected chi connectivity index (χ2v) is 5.32. The van der Waals surface area contributed by atoms with E-state index < -0.39 is 0 Å². The third-order valence-electron chi connectivity index (χ3n) is 2.57. The highest BCUT2D eigenvalue weighted by Gasteiger charge is 2.32. The quantitative estimate of drug-likeness (QED) is 0.687. The van der Waals surface area contributed by atoms with Crippen LogP contribution in [0.25, 0.3) is 0 Å². The van der Waals surface area contributed by atoms with Crippen LogP contribution >= 0.6 is 0 Å². The van der Waals surface area contributed by atoms with Crippen molar-refractivity contribution in [1.82, 2.24) is 5.32 Å². The van der Waals surface area contributed by atoms with Gasteiger partial charge in [0.15, 0.2) is 0 Å². The van der Waals surface area contributed by atoms with Crippen LogP contribution < -0.4 is 5.32 Å². The Kier molecular flexibility index (Phi) is 5.03. The standard InChI is InChI=1S/C12H25NO2/c1-12(2,3)15-11-8-10(9-11)13-6-5-7-14-4/h10-11,13H,5-9H2,1-4H3. The molecule has 0 spiro atoms. The molecule has 1 rings (SSSR count). The van der Waals surface area contributed by atoms with E-state index in [9.17, 15) is 0 Å². The lowest BCUT2D eigenvalue weighted by Crippen LogP contribution is -2.48. The molecule has 1 aliphatic carbocycles. The highest BCUT2D eigenvalue weighted by Crippen LogP contribution is 2.27. The molecule has 1 N–H and O–H groups in total. The summed E-state index contributed by atoms with van der Waals surface area (Å²) in [4.78, 5) is 0. The topological polar surface area (TPSA) is 30.5 Å². The van der Waals surface area contributed by atoms with Crippen molar-refractivity contribution in [1.29, 1.82) is 0 Å². The predicted molar refractivity (Wildman–Crippen MR) is 62.1 cm³/mol. The number of hydrogen-bond donors (Lipinski definition) is 1. The maximum atomic E-state index is 5.87. The van der Waals surface area contributed by atoms with E-state index in [1.54, 1.807) is 7.11 Å². The summed E-state index contributed by atoms with van der Waals surface area (Å²) in [5, 5.41) is 3.51. The van der Waals surface area contributed by atoms with E-state index in [4.69, 9.17) is 9.47 Å². The zero-order valence-electron chi connectivity index (χ0n) is 10.5. The third-order valence-corrected chi connectivity index (χ3v) is 2.57. The predicted octanol–water partition coefficient (Wildman–Crippen LogP) is 1.96. The van der Waals surface area contributed by atoms with Gasteiger partial charge in [0, 0.05) is 19.8 Å². The summed E-state index contributed by atoms with van der Waals surface area (Å²) in [5.41, 5.74) is 0.00564. The van der Waals surface area contributed by atoms with Crippen molar-refractivity contribution in [3.63, 3.8) is 0 Å². The monoisotopic (exact) mass is 215 g/mol. The van der Waals surface area contributed by atoms with Crippen molar-refractivity contribution < 1.29 is 9.47 Å². The van der Waals surface area contributed by atoms with Crippen LogP contribution in [0.1, 0.15) is 40.0 Å². The highest BCUT2D eigenvalue weighted by atomic mass is 16.5. The van der Waals surface area contributed by atoms with Crippen molar-refractivity contribution in [2.24, 2.45) is 0 Å². The zero-order valence-corrected chi connectivity index (χ0v) is 10.5. The van der Waals surface area contributed by atoms with Crippen molar-refractivity contribution in [3.05, 3.63) is 0 Å². The van der Waals surface area contributed by atoms with Crippen LogP contribution in [-0.4, -0.2) is 38.0 Å². The first-order valence-corrected chi connectivity index (χ1v) is 5.91. The van der Waals surface area contributed by atoms with Gasteiger partial charge in [-0.3, -0.25) is 0 Å². The van der Waals surface area contributed by atoms with E-state index >= 15 is 0 Å². The van der Waals surface area contributed by atoms with Gasteiger partial charge in [0.2, 0.25) is 0 Å². The molecule has 0 aromatic carbocycles. The maximum absolute atomic E-state index is 5.87. The molecule has 0 amide bonds. The molecule has 0 atom stereocenters. The van der Waals surface area contributed by atoms with Crippen LogP contribution in [0.15, 0.2) is 0 Å². The molecule has 0 aromatic rings.